The van der Waals surface area contributed by atoms with Gasteiger partial charge in [-0.2, -0.15) is 5.26 Å². The smallest absolute Gasteiger partial charge is 0.152 e. The number of hydrogen-bond donors (Lipinski definition) is 0. The highest BCUT2D eigenvalue weighted by atomic mass is 19.1. The van der Waals surface area contributed by atoms with E-state index in [0.29, 0.717) is 18.8 Å². The molecule has 0 saturated heterocycles. The number of halogens is 1. The maximum atomic E-state index is 13.6. The molecule has 5 nitrogen and oxygen atoms in total. The predicted molar refractivity (Wildman–Crippen MR) is 62.2 cm³/mol. The van der Waals surface area contributed by atoms with Gasteiger partial charge in [-0.1, -0.05) is 6.07 Å². The minimum Gasteiger partial charge on any atom is -0.361 e. The molecule has 0 radical (unpaired) electrons. The zero-order valence-electron chi connectivity index (χ0n) is 9.54. The van der Waals surface area contributed by atoms with Gasteiger partial charge in [-0.25, -0.2) is 4.39 Å². The average molecular weight is 243 g/mol. The number of aromatic nitrogens is 3. The molecule has 1 aromatic carbocycles. The maximum Gasteiger partial charge on any atom is 0.152 e. The normalized spacial score (nSPS) is 14.1. The van der Waals surface area contributed by atoms with Gasteiger partial charge in [0.05, 0.1) is 12.2 Å². The van der Waals surface area contributed by atoms with E-state index < -0.39 is 5.82 Å². The number of benzene rings is 1. The van der Waals surface area contributed by atoms with Crippen LogP contribution in [-0.2, 0) is 13.1 Å². The summed E-state index contributed by atoms with van der Waals surface area (Å²) in [5.74, 6) is 0.344. The van der Waals surface area contributed by atoms with Crippen molar-refractivity contribution in [1.29, 1.82) is 5.26 Å². The third kappa shape index (κ3) is 1.61. The third-order valence-corrected chi connectivity index (χ3v) is 3.08. The van der Waals surface area contributed by atoms with Crippen molar-refractivity contribution in [3.05, 3.63) is 41.7 Å². The van der Waals surface area contributed by atoms with E-state index in [1.807, 2.05) is 15.5 Å². The van der Waals surface area contributed by atoms with E-state index in [-0.39, 0.29) is 5.56 Å². The Hall–Kier alpha value is -2.42. The Morgan fingerprint density at radius 1 is 1.33 bits per heavy atom. The van der Waals surface area contributed by atoms with Crippen LogP contribution < -0.4 is 4.90 Å². The molecular weight excluding hydrogens is 233 g/mol. The Labute approximate surface area is 103 Å². The first-order chi connectivity index (χ1) is 8.79. The number of anilines is 1. The molecular formula is C12H10FN5. The first-order valence-corrected chi connectivity index (χ1v) is 5.60. The fourth-order valence-corrected chi connectivity index (χ4v) is 2.16. The number of fused-ring (bicyclic) bond motifs is 1. The summed E-state index contributed by atoms with van der Waals surface area (Å²) in [5.41, 5.74) is 0.706. The number of hydrogen-bond acceptors (Lipinski definition) is 4. The van der Waals surface area contributed by atoms with E-state index in [4.69, 9.17) is 5.26 Å². The molecule has 0 aliphatic carbocycles. The second-order valence-corrected chi connectivity index (χ2v) is 4.11. The van der Waals surface area contributed by atoms with E-state index in [1.165, 1.54) is 6.07 Å². The SMILES string of the molecule is N#Cc1c(F)cccc1N1CCn2cnnc2C1. The summed E-state index contributed by atoms with van der Waals surface area (Å²) in [6.07, 6.45) is 1.68. The van der Waals surface area contributed by atoms with Gasteiger partial charge in [0.2, 0.25) is 0 Å². The monoisotopic (exact) mass is 243 g/mol. The fourth-order valence-electron chi connectivity index (χ4n) is 2.16. The lowest BCUT2D eigenvalue weighted by molar-refractivity contribution is 0.557. The van der Waals surface area contributed by atoms with E-state index in [9.17, 15) is 4.39 Å². The summed E-state index contributed by atoms with van der Waals surface area (Å²) in [5, 5.41) is 16.9. The van der Waals surface area contributed by atoms with Crippen molar-refractivity contribution in [2.75, 3.05) is 11.4 Å². The Morgan fingerprint density at radius 3 is 3.06 bits per heavy atom. The Kier molecular flexibility index (Phi) is 2.45. The van der Waals surface area contributed by atoms with Gasteiger partial charge in [0.15, 0.2) is 5.82 Å². The van der Waals surface area contributed by atoms with Gasteiger partial charge >= 0.3 is 0 Å². The van der Waals surface area contributed by atoms with Crippen LogP contribution in [0.4, 0.5) is 10.1 Å². The van der Waals surface area contributed by atoms with Crippen LogP contribution in [0.3, 0.4) is 0 Å². The van der Waals surface area contributed by atoms with Gasteiger partial charge < -0.3 is 9.47 Å². The molecule has 0 atom stereocenters. The van der Waals surface area contributed by atoms with E-state index in [1.54, 1.807) is 18.5 Å². The first kappa shape index (κ1) is 10.7. The minimum absolute atomic E-state index is 0.0884. The highest BCUT2D eigenvalue weighted by Crippen LogP contribution is 2.25. The summed E-state index contributed by atoms with van der Waals surface area (Å²) in [6, 6.07) is 6.59. The number of nitriles is 1. The standard InChI is InChI=1S/C12H10FN5/c13-10-2-1-3-11(9(10)6-14)17-4-5-18-8-15-16-12(18)7-17/h1-3,8H,4-5,7H2. The van der Waals surface area contributed by atoms with Crippen LogP contribution >= 0.6 is 0 Å². The molecule has 0 spiro atoms. The van der Waals surface area contributed by atoms with Gasteiger partial charge in [-0.15, -0.1) is 10.2 Å². The van der Waals surface area contributed by atoms with Crippen LogP contribution in [0.25, 0.3) is 0 Å². The van der Waals surface area contributed by atoms with Crippen LogP contribution in [0.1, 0.15) is 11.4 Å². The van der Waals surface area contributed by atoms with Crippen LogP contribution in [0, 0.1) is 17.1 Å². The fraction of sp³-hybridized carbons (Fsp3) is 0.250. The maximum absolute atomic E-state index is 13.6. The van der Waals surface area contributed by atoms with Gasteiger partial charge in [0, 0.05) is 13.1 Å². The zero-order valence-corrected chi connectivity index (χ0v) is 9.54. The van der Waals surface area contributed by atoms with Crippen molar-refractivity contribution in [3.8, 4) is 6.07 Å². The Bertz CT molecular complexity index is 628. The Balaban J connectivity index is 1.99. The van der Waals surface area contributed by atoms with Crippen molar-refractivity contribution in [2.24, 2.45) is 0 Å². The molecule has 0 saturated carbocycles. The molecule has 0 amide bonds. The Morgan fingerprint density at radius 2 is 2.22 bits per heavy atom. The second kappa shape index (κ2) is 4.11. The minimum atomic E-state index is -0.484. The summed E-state index contributed by atoms with van der Waals surface area (Å²) in [7, 11) is 0. The molecule has 2 heterocycles. The predicted octanol–water partition coefficient (Wildman–Crippen LogP) is 1.31. The summed E-state index contributed by atoms with van der Waals surface area (Å²) in [6.45, 7) is 1.99. The molecule has 90 valence electrons. The van der Waals surface area contributed by atoms with Crippen molar-refractivity contribution in [1.82, 2.24) is 14.8 Å². The summed E-state index contributed by atoms with van der Waals surface area (Å²) < 4.78 is 15.5. The molecule has 6 heteroatoms. The molecule has 0 fully saturated rings. The molecule has 0 unspecified atom stereocenters. The topological polar surface area (TPSA) is 57.7 Å². The third-order valence-electron chi connectivity index (χ3n) is 3.08. The van der Waals surface area contributed by atoms with Crippen molar-refractivity contribution in [3.63, 3.8) is 0 Å². The molecule has 18 heavy (non-hydrogen) atoms. The lowest BCUT2D eigenvalue weighted by atomic mass is 10.1. The van der Waals surface area contributed by atoms with Crippen molar-refractivity contribution in [2.45, 2.75) is 13.1 Å². The first-order valence-electron chi connectivity index (χ1n) is 5.60. The molecule has 0 bridgehead atoms. The van der Waals surface area contributed by atoms with Gasteiger partial charge in [-0.3, -0.25) is 0 Å². The zero-order chi connectivity index (χ0) is 12.5. The summed E-state index contributed by atoms with van der Waals surface area (Å²) >= 11 is 0. The largest absolute Gasteiger partial charge is 0.361 e. The molecule has 1 aliphatic rings. The average Bonchev–Trinajstić information content (AvgIpc) is 2.85. The van der Waals surface area contributed by atoms with Crippen LogP contribution in [0.15, 0.2) is 24.5 Å². The van der Waals surface area contributed by atoms with Crippen LogP contribution in [0.5, 0.6) is 0 Å². The molecule has 1 aliphatic heterocycles. The molecule has 2 aromatic rings. The number of rotatable bonds is 1. The lowest BCUT2D eigenvalue weighted by Crippen LogP contribution is -2.34. The molecule has 0 N–H and O–H groups in total. The van der Waals surface area contributed by atoms with Gasteiger partial charge in [-0.05, 0) is 12.1 Å². The van der Waals surface area contributed by atoms with Gasteiger partial charge in [0.25, 0.3) is 0 Å². The van der Waals surface area contributed by atoms with Crippen molar-refractivity contribution >= 4 is 5.69 Å². The second-order valence-electron chi connectivity index (χ2n) is 4.11. The van der Waals surface area contributed by atoms with Crippen LogP contribution in [-0.4, -0.2) is 21.3 Å². The van der Waals surface area contributed by atoms with Crippen LogP contribution in [0.2, 0.25) is 0 Å². The highest BCUT2D eigenvalue weighted by molar-refractivity contribution is 5.60. The number of nitrogens with zero attached hydrogens (tertiary/aromatic N) is 5. The van der Waals surface area contributed by atoms with Crippen molar-refractivity contribution < 1.29 is 4.39 Å². The lowest BCUT2D eigenvalue weighted by Gasteiger charge is -2.29. The van der Waals surface area contributed by atoms with Gasteiger partial charge in [0.1, 0.15) is 23.8 Å². The van der Waals surface area contributed by atoms with E-state index in [2.05, 4.69) is 10.2 Å². The summed E-state index contributed by atoms with van der Waals surface area (Å²) in [4.78, 5) is 1.95. The molecule has 3 rings (SSSR count). The highest BCUT2D eigenvalue weighted by Gasteiger charge is 2.21. The van der Waals surface area contributed by atoms with E-state index >= 15 is 0 Å². The van der Waals surface area contributed by atoms with E-state index in [0.717, 1.165) is 12.4 Å². The quantitative estimate of drug-likeness (QED) is 0.757. The molecule has 1 aromatic heterocycles.